The van der Waals surface area contributed by atoms with Gasteiger partial charge in [0.05, 0.1) is 24.0 Å². The summed E-state index contributed by atoms with van der Waals surface area (Å²) in [5.41, 5.74) is 3.52. The van der Waals surface area contributed by atoms with E-state index in [2.05, 4.69) is 15.5 Å². The highest BCUT2D eigenvalue weighted by Crippen LogP contribution is 2.13. The summed E-state index contributed by atoms with van der Waals surface area (Å²) in [6, 6.07) is 19.2. The van der Waals surface area contributed by atoms with E-state index in [1.54, 1.807) is 21.8 Å². The van der Waals surface area contributed by atoms with Gasteiger partial charge in [0.1, 0.15) is 0 Å². The number of amides is 1. The molecule has 1 amide bonds. The molecule has 0 radical (unpaired) electrons. The van der Waals surface area contributed by atoms with Crippen molar-refractivity contribution in [3.8, 4) is 11.4 Å². The molecule has 0 atom stereocenters. The number of para-hydroxylation sites is 1. The number of carbonyl (C=O) groups excluding carboxylic acids is 1. The molecule has 4 aromatic rings. The third-order valence-corrected chi connectivity index (χ3v) is 3.94. The van der Waals surface area contributed by atoms with Crippen LogP contribution in [-0.2, 0) is 11.2 Å². The van der Waals surface area contributed by atoms with Crippen molar-refractivity contribution in [3.63, 3.8) is 0 Å². The van der Waals surface area contributed by atoms with Gasteiger partial charge >= 0.3 is 0 Å². The Labute approximate surface area is 150 Å². The van der Waals surface area contributed by atoms with E-state index in [0.717, 1.165) is 22.6 Å². The van der Waals surface area contributed by atoms with Crippen LogP contribution in [0.2, 0.25) is 0 Å². The lowest BCUT2D eigenvalue weighted by Gasteiger charge is -2.06. The topological polar surface area (TPSA) is 64.7 Å². The van der Waals surface area contributed by atoms with Crippen LogP contribution < -0.4 is 5.32 Å². The molecule has 0 unspecified atom stereocenters. The van der Waals surface area contributed by atoms with Gasteiger partial charge in [0, 0.05) is 24.3 Å². The minimum Gasteiger partial charge on any atom is -0.326 e. The molecule has 0 fully saturated rings. The number of nitrogens with zero attached hydrogens (tertiary/aromatic N) is 4. The van der Waals surface area contributed by atoms with Gasteiger partial charge in [0.25, 0.3) is 0 Å². The van der Waals surface area contributed by atoms with E-state index in [9.17, 15) is 4.79 Å². The van der Waals surface area contributed by atoms with Crippen LogP contribution in [0.15, 0.2) is 85.5 Å². The molecule has 0 saturated heterocycles. The number of aromatic nitrogens is 4. The van der Waals surface area contributed by atoms with Crippen LogP contribution in [0.25, 0.3) is 11.4 Å². The molecule has 0 aliphatic rings. The molecule has 2 heterocycles. The normalized spacial score (nSPS) is 10.6. The zero-order valence-electron chi connectivity index (χ0n) is 14.0. The molecule has 0 saturated carbocycles. The molecule has 2 aromatic carbocycles. The predicted octanol–water partition coefficient (Wildman–Crippen LogP) is 3.24. The summed E-state index contributed by atoms with van der Waals surface area (Å²) in [6.45, 7) is 0. The predicted molar refractivity (Wildman–Crippen MR) is 99.5 cm³/mol. The van der Waals surface area contributed by atoms with Gasteiger partial charge in [-0.15, -0.1) is 0 Å². The van der Waals surface area contributed by atoms with Crippen molar-refractivity contribution >= 4 is 11.6 Å². The first kappa shape index (κ1) is 15.8. The highest BCUT2D eigenvalue weighted by atomic mass is 16.1. The fourth-order valence-electron chi connectivity index (χ4n) is 2.68. The monoisotopic (exact) mass is 343 g/mol. The average molecular weight is 343 g/mol. The van der Waals surface area contributed by atoms with Crippen LogP contribution in [0.5, 0.6) is 0 Å². The van der Waals surface area contributed by atoms with Gasteiger partial charge in [-0.3, -0.25) is 4.79 Å². The first-order chi connectivity index (χ1) is 12.8. The Hall–Kier alpha value is -3.67. The van der Waals surface area contributed by atoms with Gasteiger partial charge in [-0.05, 0) is 48.0 Å². The first-order valence-electron chi connectivity index (χ1n) is 8.27. The Kier molecular flexibility index (Phi) is 4.30. The molecule has 2 aromatic heterocycles. The molecule has 0 bridgehead atoms. The van der Waals surface area contributed by atoms with Crippen molar-refractivity contribution < 1.29 is 4.79 Å². The van der Waals surface area contributed by atoms with E-state index in [1.807, 2.05) is 73.1 Å². The molecule has 6 nitrogen and oxygen atoms in total. The zero-order chi connectivity index (χ0) is 17.8. The van der Waals surface area contributed by atoms with Crippen LogP contribution in [0.3, 0.4) is 0 Å². The summed E-state index contributed by atoms with van der Waals surface area (Å²) in [7, 11) is 0. The maximum absolute atomic E-state index is 12.3. The molecule has 0 aliphatic heterocycles. The summed E-state index contributed by atoms with van der Waals surface area (Å²) in [5, 5.41) is 11.4. The summed E-state index contributed by atoms with van der Waals surface area (Å²) in [4.78, 5) is 12.3. The standard InChI is InChI=1S/C20H17N5O/c26-20(13-16-14-22-25(15-16)18-5-2-1-3-6-18)23-17-7-9-19(10-8-17)24-12-4-11-21-24/h1-12,14-15H,13H2,(H,23,26). The Morgan fingerprint density at radius 3 is 2.38 bits per heavy atom. The van der Waals surface area contributed by atoms with Crippen LogP contribution in [0, 0.1) is 0 Å². The quantitative estimate of drug-likeness (QED) is 0.605. The zero-order valence-corrected chi connectivity index (χ0v) is 14.0. The lowest BCUT2D eigenvalue weighted by Crippen LogP contribution is -2.14. The van der Waals surface area contributed by atoms with Gasteiger partial charge < -0.3 is 5.32 Å². The lowest BCUT2D eigenvalue weighted by atomic mass is 10.2. The third kappa shape index (κ3) is 3.54. The second-order valence-corrected chi connectivity index (χ2v) is 5.85. The minimum atomic E-state index is -0.0792. The number of carbonyl (C=O) groups is 1. The number of benzene rings is 2. The second kappa shape index (κ2) is 7.06. The first-order valence-corrected chi connectivity index (χ1v) is 8.27. The lowest BCUT2D eigenvalue weighted by molar-refractivity contribution is -0.115. The Morgan fingerprint density at radius 2 is 1.65 bits per heavy atom. The maximum atomic E-state index is 12.3. The maximum Gasteiger partial charge on any atom is 0.228 e. The van der Waals surface area contributed by atoms with Crippen molar-refractivity contribution in [2.45, 2.75) is 6.42 Å². The van der Waals surface area contributed by atoms with Gasteiger partial charge in [-0.1, -0.05) is 18.2 Å². The van der Waals surface area contributed by atoms with Crippen LogP contribution in [-0.4, -0.2) is 25.5 Å². The molecule has 0 spiro atoms. The minimum absolute atomic E-state index is 0.0792. The Bertz CT molecular complexity index is 988. The summed E-state index contributed by atoms with van der Waals surface area (Å²) >= 11 is 0. The summed E-state index contributed by atoms with van der Waals surface area (Å²) in [5.74, 6) is -0.0792. The number of rotatable bonds is 5. The average Bonchev–Trinajstić information content (AvgIpc) is 3.35. The Balaban J connectivity index is 1.39. The fourth-order valence-corrected chi connectivity index (χ4v) is 2.68. The van der Waals surface area contributed by atoms with E-state index < -0.39 is 0 Å². The fraction of sp³-hybridized carbons (Fsp3) is 0.0500. The van der Waals surface area contributed by atoms with E-state index in [1.165, 1.54) is 0 Å². The van der Waals surface area contributed by atoms with E-state index in [-0.39, 0.29) is 12.3 Å². The molecule has 0 aliphatic carbocycles. The van der Waals surface area contributed by atoms with Crippen LogP contribution in [0.1, 0.15) is 5.56 Å². The summed E-state index contributed by atoms with van der Waals surface area (Å²) < 4.78 is 3.53. The van der Waals surface area contributed by atoms with Crippen molar-refractivity contribution in [2.24, 2.45) is 0 Å². The van der Waals surface area contributed by atoms with Gasteiger partial charge in [0.15, 0.2) is 0 Å². The molecular weight excluding hydrogens is 326 g/mol. The van der Waals surface area contributed by atoms with E-state index in [4.69, 9.17) is 0 Å². The third-order valence-electron chi connectivity index (χ3n) is 3.94. The smallest absolute Gasteiger partial charge is 0.228 e. The SMILES string of the molecule is O=C(Cc1cnn(-c2ccccc2)c1)Nc1ccc(-n2cccn2)cc1. The van der Waals surface area contributed by atoms with Gasteiger partial charge in [-0.2, -0.15) is 10.2 Å². The molecule has 26 heavy (non-hydrogen) atoms. The molecule has 4 rings (SSSR count). The van der Waals surface area contributed by atoms with Gasteiger partial charge in [-0.25, -0.2) is 9.36 Å². The molecule has 128 valence electrons. The molecular formula is C20H17N5O. The second-order valence-electron chi connectivity index (χ2n) is 5.85. The molecule has 1 N–H and O–H groups in total. The van der Waals surface area contributed by atoms with Crippen LogP contribution in [0.4, 0.5) is 5.69 Å². The summed E-state index contributed by atoms with van der Waals surface area (Å²) in [6.07, 6.45) is 7.46. The Morgan fingerprint density at radius 1 is 0.885 bits per heavy atom. The van der Waals surface area contributed by atoms with Gasteiger partial charge in [0.2, 0.25) is 5.91 Å². The number of nitrogens with one attached hydrogen (secondary N) is 1. The highest BCUT2D eigenvalue weighted by Gasteiger charge is 2.07. The van der Waals surface area contributed by atoms with E-state index >= 15 is 0 Å². The van der Waals surface area contributed by atoms with Crippen molar-refractivity contribution in [3.05, 3.63) is 91.0 Å². The van der Waals surface area contributed by atoms with Crippen molar-refractivity contribution in [1.82, 2.24) is 19.6 Å². The number of anilines is 1. The highest BCUT2D eigenvalue weighted by molar-refractivity contribution is 5.92. The number of hydrogen-bond donors (Lipinski definition) is 1. The number of hydrogen-bond acceptors (Lipinski definition) is 3. The van der Waals surface area contributed by atoms with E-state index in [0.29, 0.717) is 0 Å². The van der Waals surface area contributed by atoms with Crippen molar-refractivity contribution in [2.75, 3.05) is 5.32 Å². The van der Waals surface area contributed by atoms with Crippen LogP contribution >= 0.6 is 0 Å². The largest absolute Gasteiger partial charge is 0.326 e. The van der Waals surface area contributed by atoms with Crippen molar-refractivity contribution in [1.29, 1.82) is 0 Å². The molecule has 6 heteroatoms.